The van der Waals surface area contributed by atoms with E-state index in [1.165, 1.54) is 16.3 Å². The summed E-state index contributed by atoms with van der Waals surface area (Å²) in [6.07, 6.45) is 7.83. The predicted molar refractivity (Wildman–Crippen MR) is 156 cm³/mol. The predicted octanol–water partition coefficient (Wildman–Crippen LogP) is 6.07. The largest absolute Gasteiger partial charge is 0.476 e. The van der Waals surface area contributed by atoms with E-state index in [-0.39, 0.29) is 48.2 Å². The molecule has 2 saturated carbocycles. The van der Waals surface area contributed by atoms with E-state index in [9.17, 15) is 14.7 Å². The molecule has 2 aliphatic rings. The topological polar surface area (TPSA) is 103 Å². The minimum absolute atomic E-state index is 0.0836. The summed E-state index contributed by atoms with van der Waals surface area (Å²) in [7, 11) is 0. The van der Waals surface area contributed by atoms with Crippen molar-refractivity contribution in [1.29, 1.82) is 0 Å². The molecular formula is C32H38ClN3O5. The van der Waals surface area contributed by atoms with Crippen molar-refractivity contribution in [3.63, 3.8) is 0 Å². The van der Waals surface area contributed by atoms with Gasteiger partial charge in [-0.2, -0.15) is 5.10 Å². The van der Waals surface area contributed by atoms with Gasteiger partial charge >= 0.3 is 5.97 Å². The molecule has 0 bridgehead atoms. The summed E-state index contributed by atoms with van der Waals surface area (Å²) in [4.78, 5) is 24.9. The van der Waals surface area contributed by atoms with E-state index in [1.54, 1.807) is 0 Å². The number of carbonyl (C=O) groups is 2. The van der Waals surface area contributed by atoms with Gasteiger partial charge in [-0.1, -0.05) is 73.9 Å². The first-order valence-electron chi connectivity index (χ1n) is 14.6. The quantitative estimate of drug-likeness (QED) is 0.267. The lowest BCUT2D eigenvalue weighted by Crippen LogP contribution is -2.47. The third-order valence-corrected chi connectivity index (χ3v) is 8.49. The Morgan fingerprint density at radius 3 is 2.56 bits per heavy atom. The molecule has 4 atom stereocenters. The van der Waals surface area contributed by atoms with Crippen LogP contribution in [0.15, 0.2) is 60.7 Å². The lowest BCUT2D eigenvalue weighted by Gasteiger charge is -2.32. The van der Waals surface area contributed by atoms with Gasteiger partial charge in [0.25, 0.3) is 0 Å². The van der Waals surface area contributed by atoms with Gasteiger partial charge in [0.05, 0.1) is 18.8 Å². The van der Waals surface area contributed by atoms with Gasteiger partial charge in [-0.05, 0) is 54.7 Å². The first-order chi connectivity index (χ1) is 20.0. The maximum atomic E-state index is 13.2. The van der Waals surface area contributed by atoms with Crippen LogP contribution in [0.5, 0.6) is 5.88 Å². The monoisotopic (exact) mass is 579 g/mol. The lowest BCUT2D eigenvalue weighted by molar-refractivity contribution is -0.124. The first kappa shape index (κ1) is 29.1. The number of amides is 1. The van der Waals surface area contributed by atoms with Gasteiger partial charge in [-0.3, -0.25) is 4.79 Å². The summed E-state index contributed by atoms with van der Waals surface area (Å²) >= 11 is 6.47. The Morgan fingerprint density at radius 1 is 0.976 bits per heavy atom. The number of rotatable bonds is 11. The molecule has 3 aromatic rings. The smallest absolute Gasteiger partial charge is 0.356 e. The van der Waals surface area contributed by atoms with Crippen molar-refractivity contribution < 1.29 is 24.2 Å². The van der Waals surface area contributed by atoms with E-state index < -0.39 is 5.97 Å². The van der Waals surface area contributed by atoms with E-state index >= 15 is 0 Å². The van der Waals surface area contributed by atoms with E-state index in [0.29, 0.717) is 12.5 Å². The van der Waals surface area contributed by atoms with Gasteiger partial charge in [-0.15, -0.1) is 11.6 Å². The highest BCUT2D eigenvalue weighted by atomic mass is 35.5. The molecule has 0 radical (unpaired) electrons. The summed E-state index contributed by atoms with van der Waals surface area (Å²) in [5.74, 6) is -0.826. The van der Waals surface area contributed by atoms with Gasteiger partial charge in [0, 0.05) is 11.4 Å². The Labute approximate surface area is 246 Å². The molecule has 0 aliphatic heterocycles. The van der Waals surface area contributed by atoms with E-state index in [0.717, 1.165) is 62.5 Å². The van der Waals surface area contributed by atoms with Gasteiger partial charge in [-0.25, -0.2) is 9.48 Å². The number of carbonyl (C=O) groups excluding carboxylic acids is 1. The standard InChI is InChI=1S/C32H38ClN3O5/c33-25-13-8-12-23(17-25)26-14-5-4-11-24(26)21-41-31-18-28(32(38)39)35-36(31)19-30(37)34-27-15-6-7-16-29(27)40-20-22-9-2-1-3-10-22/h1-5,9-11,14,18,23,25,27,29H,6-8,12-13,15-17,19-21H2,(H,34,37)(H,38,39)/t23-,25?,27+,29+/m1/s1. The summed E-state index contributed by atoms with van der Waals surface area (Å²) in [5.41, 5.74) is 3.16. The average Bonchev–Trinajstić information content (AvgIpc) is 3.39. The summed E-state index contributed by atoms with van der Waals surface area (Å²) in [6, 6.07) is 19.4. The Kier molecular flexibility index (Phi) is 9.96. The second kappa shape index (κ2) is 14.0. The maximum Gasteiger partial charge on any atom is 0.356 e. The molecule has 2 N–H and O–H groups in total. The molecule has 41 heavy (non-hydrogen) atoms. The fraction of sp³-hybridized carbons (Fsp3) is 0.469. The molecule has 1 unspecified atom stereocenters. The normalized spacial score (nSPS) is 22.7. The summed E-state index contributed by atoms with van der Waals surface area (Å²) < 4.78 is 13.6. The molecular weight excluding hydrogens is 542 g/mol. The molecule has 1 heterocycles. The number of halogens is 1. The lowest BCUT2D eigenvalue weighted by atomic mass is 9.82. The van der Waals surface area contributed by atoms with Crippen LogP contribution in [0.2, 0.25) is 0 Å². The molecule has 2 aliphatic carbocycles. The van der Waals surface area contributed by atoms with Crippen molar-refractivity contribution in [3.05, 3.63) is 83.0 Å². The number of alkyl halides is 1. The molecule has 5 rings (SSSR count). The van der Waals surface area contributed by atoms with Crippen molar-refractivity contribution in [2.24, 2.45) is 0 Å². The SMILES string of the molecule is O=C(Cn1nc(C(=O)O)cc1OCc1ccccc1[C@@H]1CCCC(Cl)C1)N[C@H]1CCCC[C@@H]1OCc1ccccc1. The van der Waals surface area contributed by atoms with Gasteiger partial charge < -0.3 is 19.9 Å². The third kappa shape index (κ3) is 7.89. The van der Waals surface area contributed by atoms with Gasteiger partial charge in [0.15, 0.2) is 5.69 Å². The molecule has 2 fully saturated rings. The molecule has 1 aromatic heterocycles. The highest BCUT2D eigenvalue weighted by Gasteiger charge is 2.28. The number of nitrogens with zero attached hydrogens (tertiary/aromatic N) is 2. The van der Waals surface area contributed by atoms with Crippen molar-refractivity contribution in [2.45, 2.75) is 94.6 Å². The minimum Gasteiger partial charge on any atom is -0.476 e. The molecule has 218 valence electrons. The second-order valence-electron chi connectivity index (χ2n) is 11.1. The first-order valence-corrected chi connectivity index (χ1v) is 15.0. The van der Waals surface area contributed by atoms with Crippen LogP contribution in [-0.4, -0.2) is 44.3 Å². The number of benzene rings is 2. The summed E-state index contributed by atoms with van der Waals surface area (Å²) in [6.45, 7) is 0.581. The molecule has 0 saturated heterocycles. The van der Waals surface area contributed by atoms with Crippen LogP contribution in [0.25, 0.3) is 0 Å². The highest BCUT2D eigenvalue weighted by molar-refractivity contribution is 6.20. The third-order valence-electron chi connectivity index (χ3n) is 8.09. The van der Waals surface area contributed by atoms with Crippen LogP contribution >= 0.6 is 11.6 Å². The number of carboxylic acids is 1. The summed E-state index contributed by atoms with van der Waals surface area (Å²) in [5, 5.41) is 17.0. The Balaban J connectivity index is 1.24. The number of carboxylic acid groups (broad SMARTS) is 1. The van der Waals surface area contributed by atoms with E-state index in [4.69, 9.17) is 21.1 Å². The number of hydrogen-bond acceptors (Lipinski definition) is 5. The van der Waals surface area contributed by atoms with Crippen LogP contribution in [0, 0.1) is 0 Å². The number of aromatic carboxylic acids is 1. The van der Waals surface area contributed by atoms with Crippen LogP contribution in [0.4, 0.5) is 0 Å². The molecule has 8 nitrogen and oxygen atoms in total. The van der Waals surface area contributed by atoms with Crippen molar-refractivity contribution in [3.8, 4) is 5.88 Å². The molecule has 2 aromatic carbocycles. The van der Waals surface area contributed by atoms with Crippen molar-refractivity contribution >= 4 is 23.5 Å². The second-order valence-corrected chi connectivity index (χ2v) is 11.7. The van der Waals surface area contributed by atoms with Gasteiger partial charge in [0.1, 0.15) is 13.2 Å². The Morgan fingerprint density at radius 2 is 1.76 bits per heavy atom. The number of aromatic nitrogens is 2. The molecule has 9 heteroatoms. The Bertz CT molecular complexity index is 1310. The van der Waals surface area contributed by atoms with Crippen molar-refractivity contribution in [1.82, 2.24) is 15.1 Å². The maximum absolute atomic E-state index is 13.2. The molecule has 1 amide bonds. The highest BCUT2D eigenvalue weighted by Crippen LogP contribution is 2.37. The minimum atomic E-state index is -1.17. The fourth-order valence-corrected chi connectivity index (χ4v) is 6.36. The number of hydrogen-bond donors (Lipinski definition) is 2. The van der Waals surface area contributed by atoms with E-state index in [1.807, 2.05) is 48.5 Å². The van der Waals surface area contributed by atoms with Crippen LogP contribution in [0.3, 0.4) is 0 Å². The molecule has 0 spiro atoms. The van der Waals surface area contributed by atoms with Crippen LogP contribution in [0.1, 0.15) is 84.5 Å². The van der Waals surface area contributed by atoms with Gasteiger partial charge in [0.2, 0.25) is 11.8 Å². The van der Waals surface area contributed by atoms with Crippen LogP contribution in [-0.2, 0) is 29.3 Å². The average molecular weight is 580 g/mol. The number of ether oxygens (including phenoxy) is 2. The Hall–Kier alpha value is -3.36. The van der Waals surface area contributed by atoms with E-state index in [2.05, 4.69) is 16.5 Å². The van der Waals surface area contributed by atoms with Crippen LogP contribution < -0.4 is 10.1 Å². The number of nitrogens with one attached hydrogen (secondary N) is 1. The zero-order valence-electron chi connectivity index (χ0n) is 23.2. The zero-order chi connectivity index (χ0) is 28.6. The fourth-order valence-electron chi connectivity index (χ4n) is 5.99. The zero-order valence-corrected chi connectivity index (χ0v) is 24.0. The van der Waals surface area contributed by atoms with Crippen molar-refractivity contribution in [2.75, 3.05) is 0 Å².